The van der Waals surface area contributed by atoms with Gasteiger partial charge in [-0.15, -0.1) is 0 Å². The van der Waals surface area contributed by atoms with E-state index in [4.69, 9.17) is 0 Å². The Morgan fingerprint density at radius 3 is 1.05 bits per heavy atom. The second-order valence-corrected chi connectivity index (χ2v) is 6.25. The summed E-state index contributed by atoms with van der Waals surface area (Å²) < 4.78 is 0. The van der Waals surface area contributed by atoms with Crippen LogP contribution in [0.2, 0.25) is 0 Å². The molecular formula is C15H21O3Si. The summed E-state index contributed by atoms with van der Waals surface area (Å²) in [5.74, 6) is 0. The van der Waals surface area contributed by atoms with Gasteiger partial charge in [0.1, 0.15) is 0 Å². The molecule has 3 nitrogen and oxygen atoms in total. The Kier molecular flexibility index (Phi) is 6.72. The molecule has 0 aromatic heterocycles. The lowest BCUT2D eigenvalue weighted by Crippen LogP contribution is -2.26. The molecule has 0 spiro atoms. The van der Waals surface area contributed by atoms with Gasteiger partial charge in [-0.3, -0.25) is 0 Å². The second-order valence-electron chi connectivity index (χ2n) is 4.08. The van der Waals surface area contributed by atoms with Crippen LogP contribution in [0.4, 0.5) is 0 Å². The first-order chi connectivity index (χ1) is 8.81. The molecule has 4 heteroatoms. The molecule has 0 amide bonds. The number of hydrogen-bond acceptors (Lipinski definition) is 3. The molecule has 0 saturated carbocycles. The smallest absolute Gasteiger partial charge is 0.290 e. The molecule has 19 heavy (non-hydrogen) atoms. The summed E-state index contributed by atoms with van der Waals surface area (Å²) in [6.07, 6.45) is 4.44. The van der Waals surface area contributed by atoms with Crippen molar-refractivity contribution < 1.29 is 15.3 Å². The van der Waals surface area contributed by atoms with Gasteiger partial charge in [0.05, 0.1) is 16.1 Å². The van der Waals surface area contributed by atoms with Gasteiger partial charge in [0, 0.05) is 0 Å². The van der Waals surface area contributed by atoms with Crippen molar-refractivity contribution >= 4 is 8.80 Å². The molecule has 0 bridgehead atoms. The van der Waals surface area contributed by atoms with Crippen molar-refractivity contribution in [1.82, 2.24) is 0 Å². The summed E-state index contributed by atoms with van der Waals surface area (Å²) in [4.78, 5) is 0. The zero-order chi connectivity index (χ0) is 15.2. The van der Waals surface area contributed by atoms with Crippen LogP contribution in [0.15, 0.2) is 70.8 Å². The van der Waals surface area contributed by atoms with Gasteiger partial charge in [-0.1, -0.05) is 38.0 Å². The molecule has 0 aliphatic rings. The summed E-state index contributed by atoms with van der Waals surface area (Å²) >= 11 is 0. The normalized spacial score (nSPS) is 15.2. The molecule has 0 fully saturated rings. The molecule has 0 rings (SSSR count). The van der Waals surface area contributed by atoms with E-state index in [0.717, 1.165) is 0 Å². The quantitative estimate of drug-likeness (QED) is 0.388. The van der Waals surface area contributed by atoms with Crippen molar-refractivity contribution in [2.24, 2.45) is 0 Å². The van der Waals surface area contributed by atoms with Gasteiger partial charge in [-0.05, 0) is 37.5 Å². The van der Waals surface area contributed by atoms with Gasteiger partial charge >= 0.3 is 0 Å². The molecule has 0 aliphatic heterocycles. The highest BCUT2D eigenvalue weighted by Gasteiger charge is 2.30. The molecule has 0 atom stereocenters. The fourth-order valence-electron chi connectivity index (χ4n) is 1.22. The Balaban J connectivity index is 6.16. The molecule has 0 heterocycles. The SMILES string of the molecule is C=C/C(C)=C(\O)[Si](/C(O)=C(\C)C=C)/C(O)=C(\C)C=C. The van der Waals surface area contributed by atoms with Crippen LogP contribution >= 0.6 is 0 Å². The number of rotatable bonds is 6. The third-order valence-corrected chi connectivity index (χ3v) is 5.35. The van der Waals surface area contributed by atoms with Gasteiger partial charge in [0.2, 0.25) is 0 Å². The Morgan fingerprint density at radius 2 is 0.895 bits per heavy atom. The number of aliphatic hydroxyl groups is 3. The van der Waals surface area contributed by atoms with E-state index in [2.05, 4.69) is 19.7 Å². The number of hydrogen-bond donors (Lipinski definition) is 3. The van der Waals surface area contributed by atoms with E-state index in [-0.39, 0.29) is 16.1 Å². The minimum absolute atomic E-state index is 0.0580. The van der Waals surface area contributed by atoms with Gasteiger partial charge in [-0.25, -0.2) is 0 Å². The van der Waals surface area contributed by atoms with Gasteiger partial charge in [0.25, 0.3) is 8.80 Å². The minimum Gasteiger partial charge on any atom is -0.516 e. The van der Waals surface area contributed by atoms with Crippen molar-refractivity contribution in [2.45, 2.75) is 20.8 Å². The lowest BCUT2D eigenvalue weighted by Gasteiger charge is -2.17. The maximum atomic E-state index is 10.2. The fourth-order valence-corrected chi connectivity index (χ4v) is 3.38. The minimum atomic E-state index is -2.22. The monoisotopic (exact) mass is 277 g/mol. The van der Waals surface area contributed by atoms with Crippen molar-refractivity contribution in [3.05, 3.63) is 70.8 Å². The van der Waals surface area contributed by atoms with E-state index in [0.29, 0.717) is 16.7 Å². The first kappa shape index (κ1) is 17.1. The van der Waals surface area contributed by atoms with Crippen LogP contribution < -0.4 is 0 Å². The van der Waals surface area contributed by atoms with Crippen molar-refractivity contribution in [1.29, 1.82) is 0 Å². The van der Waals surface area contributed by atoms with E-state index in [1.807, 2.05) is 0 Å². The Morgan fingerprint density at radius 1 is 0.684 bits per heavy atom. The first-order valence-electron chi connectivity index (χ1n) is 5.76. The predicted octanol–water partition coefficient (Wildman–Crippen LogP) is 4.15. The largest absolute Gasteiger partial charge is 0.516 e. The maximum absolute atomic E-state index is 10.2. The van der Waals surface area contributed by atoms with Crippen molar-refractivity contribution in [3.8, 4) is 0 Å². The van der Waals surface area contributed by atoms with Crippen LogP contribution in [0, 0.1) is 0 Å². The summed E-state index contributed by atoms with van der Waals surface area (Å²) in [5, 5.41) is 30.4. The average Bonchev–Trinajstić information content (AvgIpc) is 2.43. The maximum Gasteiger partial charge on any atom is 0.290 e. The third-order valence-electron chi connectivity index (χ3n) is 2.75. The summed E-state index contributed by atoms with van der Waals surface area (Å²) in [5.41, 5.74) is 1.54. The highest BCUT2D eigenvalue weighted by molar-refractivity contribution is 6.78. The Labute approximate surface area is 116 Å². The molecular weight excluding hydrogens is 256 g/mol. The summed E-state index contributed by atoms with van der Waals surface area (Å²) in [6, 6.07) is 0. The zero-order valence-electron chi connectivity index (χ0n) is 11.7. The van der Waals surface area contributed by atoms with Crippen LogP contribution in [0.3, 0.4) is 0 Å². The van der Waals surface area contributed by atoms with E-state index >= 15 is 0 Å². The van der Waals surface area contributed by atoms with Gasteiger partial charge in [-0.2, -0.15) is 0 Å². The van der Waals surface area contributed by atoms with Crippen molar-refractivity contribution in [2.75, 3.05) is 0 Å². The summed E-state index contributed by atoms with van der Waals surface area (Å²) in [6.45, 7) is 15.7. The van der Waals surface area contributed by atoms with E-state index in [1.165, 1.54) is 18.2 Å². The van der Waals surface area contributed by atoms with Gasteiger partial charge in [0.15, 0.2) is 0 Å². The lowest BCUT2D eigenvalue weighted by molar-refractivity contribution is 0.398. The molecule has 103 valence electrons. The highest BCUT2D eigenvalue weighted by Crippen LogP contribution is 2.22. The van der Waals surface area contributed by atoms with Crippen LogP contribution in [0.25, 0.3) is 0 Å². The zero-order valence-corrected chi connectivity index (χ0v) is 12.7. The van der Waals surface area contributed by atoms with Crippen LogP contribution in [0.5, 0.6) is 0 Å². The number of allylic oxidation sites excluding steroid dienone is 6. The summed E-state index contributed by atoms with van der Waals surface area (Å²) in [7, 11) is -2.22. The van der Waals surface area contributed by atoms with Crippen LogP contribution in [-0.2, 0) is 0 Å². The standard InChI is InChI=1S/C15H21O3Si/c1-7-10(4)13(16)19(14(17)11(5)8-2)15(18)12(6)9-3/h7-9,16-18H,1-3H2,4-6H3/b13-10+,14-11+,15-12+. The average molecular weight is 277 g/mol. The fraction of sp³-hybridized carbons (Fsp3) is 0.200. The third kappa shape index (κ3) is 4.03. The van der Waals surface area contributed by atoms with E-state index < -0.39 is 8.80 Å². The molecule has 3 N–H and O–H groups in total. The van der Waals surface area contributed by atoms with Crippen LogP contribution in [0.1, 0.15) is 20.8 Å². The highest BCUT2D eigenvalue weighted by atomic mass is 28.3. The lowest BCUT2D eigenvalue weighted by atomic mass is 10.3. The molecule has 0 aliphatic carbocycles. The number of aliphatic hydroxyl groups excluding tert-OH is 3. The Hall–Kier alpha value is -1.94. The van der Waals surface area contributed by atoms with Gasteiger partial charge < -0.3 is 15.3 Å². The molecule has 0 unspecified atom stereocenters. The van der Waals surface area contributed by atoms with Crippen molar-refractivity contribution in [3.63, 3.8) is 0 Å². The molecule has 1 radical (unpaired) electrons. The van der Waals surface area contributed by atoms with Crippen LogP contribution in [-0.4, -0.2) is 24.1 Å². The second kappa shape index (κ2) is 7.48. The molecule has 0 saturated heterocycles. The Bertz CT molecular complexity index is 410. The van der Waals surface area contributed by atoms with E-state index in [9.17, 15) is 15.3 Å². The topological polar surface area (TPSA) is 60.7 Å². The molecule has 0 aromatic rings. The molecule has 0 aromatic carbocycles. The predicted molar refractivity (Wildman–Crippen MR) is 82.3 cm³/mol. The van der Waals surface area contributed by atoms with E-state index in [1.54, 1.807) is 20.8 Å². The first-order valence-corrected chi connectivity index (χ1v) is 7.26.